The van der Waals surface area contributed by atoms with Gasteiger partial charge in [-0.1, -0.05) is 60.7 Å². The average Bonchev–Trinajstić information content (AvgIpc) is 2.98. The number of benzene rings is 2. The predicted molar refractivity (Wildman–Crippen MR) is 97.6 cm³/mol. The molecular weight excluding hydrogens is 280 g/mol. The number of rotatable bonds is 6. The molecule has 1 heterocycles. The van der Waals surface area contributed by atoms with Crippen molar-refractivity contribution in [3.63, 3.8) is 0 Å². The highest BCUT2D eigenvalue weighted by atomic mass is 15.5. The zero-order chi connectivity index (χ0) is 16.1. The van der Waals surface area contributed by atoms with Crippen molar-refractivity contribution >= 4 is 0 Å². The van der Waals surface area contributed by atoms with Crippen molar-refractivity contribution in [1.29, 1.82) is 0 Å². The molecule has 0 atom stereocenters. The second-order valence-corrected chi connectivity index (χ2v) is 6.13. The van der Waals surface area contributed by atoms with Gasteiger partial charge in [-0.25, -0.2) is 0 Å². The molecular formula is C21H24N2. The monoisotopic (exact) mass is 304 g/mol. The average molecular weight is 304 g/mol. The summed E-state index contributed by atoms with van der Waals surface area (Å²) in [6.07, 6.45) is 5.29. The Morgan fingerprint density at radius 3 is 1.96 bits per heavy atom. The molecule has 2 aromatic carbocycles. The fourth-order valence-electron chi connectivity index (χ4n) is 3.03. The highest BCUT2D eigenvalue weighted by molar-refractivity contribution is 5.32. The van der Waals surface area contributed by atoms with E-state index in [4.69, 9.17) is 0 Å². The van der Waals surface area contributed by atoms with Crippen LogP contribution in [0.1, 0.15) is 22.4 Å². The van der Waals surface area contributed by atoms with Gasteiger partial charge in [0.05, 0.1) is 0 Å². The van der Waals surface area contributed by atoms with E-state index in [2.05, 4.69) is 96.7 Å². The molecule has 0 N–H and O–H groups in total. The van der Waals surface area contributed by atoms with Crippen LogP contribution in [0.15, 0.2) is 72.9 Å². The molecule has 0 saturated heterocycles. The van der Waals surface area contributed by atoms with Crippen LogP contribution in [0.2, 0.25) is 0 Å². The molecule has 0 unspecified atom stereocenters. The van der Waals surface area contributed by atoms with Crippen LogP contribution in [0.25, 0.3) is 0 Å². The van der Waals surface area contributed by atoms with Crippen molar-refractivity contribution in [2.75, 3.05) is 19.1 Å². The predicted octanol–water partition coefficient (Wildman–Crippen LogP) is 4.06. The summed E-state index contributed by atoms with van der Waals surface area (Å²) in [5.41, 5.74) is 5.58. The van der Waals surface area contributed by atoms with Crippen LogP contribution in [0, 0.1) is 0 Å². The first-order valence-corrected chi connectivity index (χ1v) is 8.18. The van der Waals surface area contributed by atoms with Crippen LogP contribution < -0.4 is 5.01 Å². The fraction of sp³-hybridized carbons (Fsp3) is 0.238. The third-order valence-corrected chi connectivity index (χ3v) is 4.23. The molecule has 0 aliphatic heterocycles. The lowest BCUT2D eigenvalue weighted by molar-refractivity contribution is 0.680. The third-order valence-electron chi connectivity index (χ3n) is 4.23. The Kier molecular flexibility index (Phi) is 4.82. The Morgan fingerprint density at radius 1 is 0.739 bits per heavy atom. The highest BCUT2D eigenvalue weighted by Crippen LogP contribution is 2.18. The number of nitrogens with zero attached hydrogens (tertiary/aromatic N) is 2. The van der Waals surface area contributed by atoms with Crippen molar-refractivity contribution in [3.8, 4) is 0 Å². The lowest BCUT2D eigenvalue weighted by atomic mass is 10.0. The maximum absolute atomic E-state index is 2.27. The molecule has 0 radical (unpaired) electrons. The van der Waals surface area contributed by atoms with Gasteiger partial charge in [0.15, 0.2) is 0 Å². The van der Waals surface area contributed by atoms with Crippen molar-refractivity contribution in [3.05, 3.63) is 95.3 Å². The summed E-state index contributed by atoms with van der Waals surface area (Å²) in [7, 11) is 4.19. The lowest BCUT2D eigenvalue weighted by Crippen LogP contribution is -2.26. The normalized spacial score (nSPS) is 10.7. The zero-order valence-electron chi connectivity index (χ0n) is 13.9. The van der Waals surface area contributed by atoms with Crippen molar-refractivity contribution in [2.45, 2.75) is 19.3 Å². The summed E-state index contributed by atoms with van der Waals surface area (Å²) >= 11 is 0. The Hall–Kier alpha value is -2.48. The second kappa shape index (κ2) is 7.19. The first-order valence-electron chi connectivity index (χ1n) is 8.18. The van der Waals surface area contributed by atoms with E-state index in [1.165, 1.54) is 22.4 Å². The summed E-state index contributed by atoms with van der Waals surface area (Å²) in [5, 5.41) is 2.15. The standard InChI is InChI=1S/C21H24N2/c1-22(2)23-16-15-20(17-19-11-7-4-8-12-19)21(23)14-13-18-9-5-3-6-10-18/h3-12,15-16H,13-14,17H2,1-2H3. The Balaban J connectivity index is 1.82. The van der Waals surface area contributed by atoms with Crippen LogP contribution in [0.4, 0.5) is 0 Å². The van der Waals surface area contributed by atoms with E-state index >= 15 is 0 Å². The number of aromatic nitrogens is 1. The molecule has 0 fully saturated rings. The molecule has 0 bridgehead atoms. The minimum absolute atomic E-state index is 0.992. The Bertz CT molecular complexity index is 727. The first-order chi connectivity index (χ1) is 11.2. The largest absolute Gasteiger partial charge is 0.319 e. The number of hydrogen-bond donors (Lipinski definition) is 0. The van der Waals surface area contributed by atoms with Gasteiger partial charge in [0.1, 0.15) is 0 Å². The summed E-state index contributed by atoms with van der Waals surface area (Å²) in [6.45, 7) is 0. The maximum atomic E-state index is 2.27. The van der Waals surface area contributed by atoms with E-state index in [-0.39, 0.29) is 0 Å². The van der Waals surface area contributed by atoms with Crippen LogP contribution in [0.5, 0.6) is 0 Å². The van der Waals surface area contributed by atoms with E-state index < -0.39 is 0 Å². The topological polar surface area (TPSA) is 8.17 Å². The quantitative estimate of drug-likeness (QED) is 0.666. The fourth-order valence-corrected chi connectivity index (χ4v) is 3.03. The lowest BCUT2D eigenvalue weighted by Gasteiger charge is -2.19. The summed E-state index contributed by atoms with van der Waals surface area (Å²) in [5.74, 6) is 0. The molecule has 118 valence electrons. The van der Waals surface area contributed by atoms with Gasteiger partial charge in [0.25, 0.3) is 0 Å². The molecule has 0 aliphatic carbocycles. The molecule has 1 aromatic heterocycles. The SMILES string of the molecule is CN(C)n1ccc(Cc2ccccc2)c1CCc1ccccc1. The highest BCUT2D eigenvalue weighted by Gasteiger charge is 2.11. The molecule has 0 amide bonds. The van der Waals surface area contributed by atoms with Gasteiger partial charge < -0.3 is 5.01 Å². The van der Waals surface area contributed by atoms with Gasteiger partial charge >= 0.3 is 0 Å². The molecule has 0 spiro atoms. The molecule has 2 nitrogen and oxygen atoms in total. The van der Waals surface area contributed by atoms with E-state index in [0.29, 0.717) is 0 Å². The van der Waals surface area contributed by atoms with Crippen LogP contribution in [-0.2, 0) is 19.3 Å². The minimum atomic E-state index is 0.992. The van der Waals surface area contributed by atoms with E-state index in [0.717, 1.165) is 19.3 Å². The van der Waals surface area contributed by atoms with Gasteiger partial charge in [0, 0.05) is 26.0 Å². The smallest absolute Gasteiger partial charge is 0.0434 e. The van der Waals surface area contributed by atoms with Gasteiger partial charge in [-0.3, -0.25) is 4.68 Å². The van der Waals surface area contributed by atoms with Crippen LogP contribution in [0.3, 0.4) is 0 Å². The molecule has 0 aliphatic rings. The van der Waals surface area contributed by atoms with Crippen LogP contribution >= 0.6 is 0 Å². The van der Waals surface area contributed by atoms with E-state index in [1.807, 2.05) is 0 Å². The number of aryl methyl sites for hydroxylation is 1. The van der Waals surface area contributed by atoms with Gasteiger partial charge in [-0.05, 0) is 42.0 Å². The molecule has 3 aromatic rings. The number of hydrogen-bond acceptors (Lipinski definition) is 1. The molecule has 0 saturated carbocycles. The maximum Gasteiger partial charge on any atom is 0.0434 e. The van der Waals surface area contributed by atoms with Gasteiger partial charge in [-0.2, -0.15) is 0 Å². The summed E-state index contributed by atoms with van der Waals surface area (Å²) in [6, 6.07) is 23.7. The Morgan fingerprint density at radius 2 is 1.35 bits per heavy atom. The summed E-state index contributed by atoms with van der Waals surface area (Å²) < 4.78 is 2.27. The Labute approximate surface area is 139 Å². The second-order valence-electron chi connectivity index (χ2n) is 6.13. The minimum Gasteiger partial charge on any atom is -0.319 e. The zero-order valence-corrected chi connectivity index (χ0v) is 13.9. The van der Waals surface area contributed by atoms with Crippen molar-refractivity contribution in [2.24, 2.45) is 0 Å². The summed E-state index contributed by atoms with van der Waals surface area (Å²) in [4.78, 5) is 0. The van der Waals surface area contributed by atoms with E-state index in [9.17, 15) is 0 Å². The molecule has 2 heteroatoms. The molecule has 3 rings (SSSR count). The first kappa shape index (κ1) is 15.4. The van der Waals surface area contributed by atoms with Crippen molar-refractivity contribution < 1.29 is 0 Å². The van der Waals surface area contributed by atoms with E-state index in [1.54, 1.807) is 0 Å². The van der Waals surface area contributed by atoms with Gasteiger partial charge in [-0.15, -0.1) is 0 Å². The van der Waals surface area contributed by atoms with Crippen LogP contribution in [-0.4, -0.2) is 18.8 Å². The van der Waals surface area contributed by atoms with Crippen molar-refractivity contribution in [1.82, 2.24) is 4.68 Å². The molecule has 23 heavy (non-hydrogen) atoms. The third kappa shape index (κ3) is 3.84. The van der Waals surface area contributed by atoms with Gasteiger partial charge in [0.2, 0.25) is 0 Å².